The zero-order valence-electron chi connectivity index (χ0n) is 10.8. The first kappa shape index (κ1) is 14.5. The molecule has 0 bridgehead atoms. The lowest BCUT2D eigenvalue weighted by molar-refractivity contribution is -0.146. The zero-order chi connectivity index (χ0) is 13.9. The minimum Gasteiger partial charge on any atom is -0.469 e. The van der Waals surface area contributed by atoms with Crippen molar-refractivity contribution >= 4 is 21.9 Å². The molecule has 3 nitrogen and oxygen atoms in total. The van der Waals surface area contributed by atoms with E-state index < -0.39 is 0 Å². The summed E-state index contributed by atoms with van der Waals surface area (Å²) in [5, 5.41) is 3.22. The van der Waals surface area contributed by atoms with Gasteiger partial charge in [-0.1, -0.05) is 15.9 Å². The van der Waals surface area contributed by atoms with Gasteiger partial charge in [0.05, 0.1) is 12.5 Å². The lowest BCUT2D eigenvalue weighted by Gasteiger charge is -2.13. The smallest absolute Gasteiger partial charge is 0.313 e. The first-order valence-corrected chi connectivity index (χ1v) is 7.10. The van der Waals surface area contributed by atoms with Crippen LogP contribution in [0.1, 0.15) is 18.4 Å². The maximum Gasteiger partial charge on any atom is 0.313 e. The van der Waals surface area contributed by atoms with Crippen LogP contribution in [0.5, 0.6) is 0 Å². The van der Waals surface area contributed by atoms with E-state index in [0.717, 1.165) is 17.3 Å². The number of nitrogens with one attached hydrogen (secondary N) is 1. The second-order valence-electron chi connectivity index (χ2n) is 4.93. The number of halogens is 2. The average Bonchev–Trinajstić information content (AvgIpc) is 3.19. The quantitative estimate of drug-likeness (QED) is 0.644. The van der Waals surface area contributed by atoms with Crippen LogP contribution in [-0.2, 0) is 16.0 Å². The minimum absolute atomic E-state index is 0.145. The van der Waals surface area contributed by atoms with E-state index in [-0.39, 0.29) is 17.2 Å². The fourth-order valence-electron chi connectivity index (χ4n) is 2.11. The summed E-state index contributed by atoms with van der Waals surface area (Å²) in [6.45, 7) is 1.25. The number of rotatable bonds is 6. The Morgan fingerprint density at radius 1 is 1.53 bits per heavy atom. The number of methoxy groups -OCH3 is 1. The third kappa shape index (κ3) is 3.54. The Bertz CT molecular complexity index is 475. The average molecular weight is 330 g/mol. The number of carbonyl (C=O) groups is 1. The fourth-order valence-corrected chi connectivity index (χ4v) is 2.51. The second-order valence-corrected chi connectivity index (χ2v) is 5.85. The normalized spacial score (nSPS) is 16.2. The maximum absolute atomic E-state index is 13.5. The predicted molar refractivity (Wildman–Crippen MR) is 74.4 cm³/mol. The van der Waals surface area contributed by atoms with Crippen LogP contribution in [0.3, 0.4) is 0 Å². The highest BCUT2D eigenvalue weighted by Gasteiger charge is 2.50. The molecule has 1 saturated carbocycles. The van der Waals surface area contributed by atoms with Gasteiger partial charge in [0, 0.05) is 11.0 Å². The van der Waals surface area contributed by atoms with E-state index in [9.17, 15) is 9.18 Å². The zero-order valence-corrected chi connectivity index (χ0v) is 12.4. The molecule has 1 aliphatic rings. The molecule has 1 N–H and O–H groups in total. The first-order valence-electron chi connectivity index (χ1n) is 6.30. The van der Waals surface area contributed by atoms with Crippen LogP contribution in [0, 0.1) is 11.2 Å². The molecular weight excluding hydrogens is 313 g/mol. The highest BCUT2D eigenvalue weighted by Crippen LogP contribution is 2.45. The van der Waals surface area contributed by atoms with Crippen molar-refractivity contribution in [3.05, 3.63) is 34.1 Å². The Labute approximate surface area is 120 Å². The number of hydrogen-bond acceptors (Lipinski definition) is 3. The molecule has 0 radical (unpaired) electrons. The van der Waals surface area contributed by atoms with Gasteiger partial charge in [-0.25, -0.2) is 4.39 Å². The Kier molecular flexibility index (Phi) is 4.58. The number of carbonyl (C=O) groups excluding carboxylic acids is 1. The van der Waals surface area contributed by atoms with Crippen molar-refractivity contribution in [2.45, 2.75) is 19.3 Å². The number of benzene rings is 1. The van der Waals surface area contributed by atoms with Crippen molar-refractivity contribution < 1.29 is 13.9 Å². The molecule has 5 heteroatoms. The molecular formula is C14H17BrFNO2. The number of hydrogen-bond donors (Lipinski definition) is 1. The van der Waals surface area contributed by atoms with Crippen molar-refractivity contribution in [1.29, 1.82) is 0 Å². The van der Waals surface area contributed by atoms with E-state index >= 15 is 0 Å². The molecule has 0 aromatic heterocycles. The van der Waals surface area contributed by atoms with Gasteiger partial charge in [0.15, 0.2) is 0 Å². The largest absolute Gasteiger partial charge is 0.469 e. The summed E-state index contributed by atoms with van der Waals surface area (Å²) < 4.78 is 19.2. The molecule has 104 valence electrons. The minimum atomic E-state index is -0.329. The van der Waals surface area contributed by atoms with E-state index in [1.165, 1.54) is 13.2 Å². The van der Waals surface area contributed by atoms with Crippen molar-refractivity contribution in [1.82, 2.24) is 5.32 Å². The van der Waals surface area contributed by atoms with Crippen LogP contribution in [-0.4, -0.2) is 26.2 Å². The van der Waals surface area contributed by atoms with Crippen molar-refractivity contribution in [3.63, 3.8) is 0 Å². The summed E-state index contributed by atoms with van der Waals surface area (Å²) in [7, 11) is 1.42. The van der Waals surface area contributed by atoms with Crippen LogP contribution in [0.4, 0.5) is 4.39 Å². The van der Waals surface area contributed by atoms with Crippen molar-refractivity contribution in [2.24, 2.45) is 5.41 Å². The van der Waals surface area contributed by atoms with E-state index in [1.54, 1.807) is 12.1 Å². The maximum atomic E-state index is 13.5. The van der Waals surface area contributed by atoms with Crippen LogP contribution in [0.2, 0.25) is 0 Å². The fraction of sp³-hybridized carbons (Fsp3) is 0.500. The molecule has 19 heavy (non-hydrogen) atoms. The van der Waals surface area contributed by atoms with E-state index in [1.807, 2.05) is 0 Å². The molecule has 2 rings (SSSR count). The molecule has 1 aromatic carbocycles. The molecule has 0 unspecified atom stereocenters. The molecule has 1 aliphatic carbocycles. The molecule has 0 aliphatic heterocycles. The van der Waals surface area contributed by atoms with Gasteiger partial charge in [-0.05, 0) is 49.6 Å². The first-order chi connectivity index (χ1) is 9.07. The summed E-state index contributed by atoms with van der Waals surface area (Å²) in [4.78, 5) is 11.5. The molecule has 0 saturated heterocycles. The van der Waals surface area contributed by atoms with E-state index in [2.05, 4.69) is 21.2 Å². The predicted octanol–water partition coefficient (Wildman–Crippen LogP) is 2.67. The molecule has 1 fully saturated rings. The highest BCUT2D eigenvalue weighted by molar-refractivity contribution is 9.10. The van der Waals surface area contributed by atoms with Crippen molar-refractivity contribution in [3.8, 4) is 0 Å². The summed E-state index contributed by atoms with van der Waals surface area (Å²) in [5.74, 6) is -0.340. The molecule has 0 spiro atoms. The van der Waals surface area contributed by atoms with Crippen LogP contribution in [0.25, 0.3) is 0 Å². The molecule has 0 amide bonds. The van der Waals surface area contributed by atoms with Crippen LogP contribution < -0.4 is 5.32 Å². The summed E-state index contributed by atoms with van der Waals surface area (Å²) in [6, 6.07) is 4.92. The molecule has 1 aromatic rings. The second kappa shape index (κ2) is 6.01. The number of esters is 1. The Hall–Kier alpha value is -0.940. The van der Waals surface area contributed by atoms with Gasteiger partial charge in [-0.15, -0.1) is 0 Å². The van der Waals surface area contributed by atoms with Crippen LogP contribution >= 0.6 is 15.9 Å². The van der Waals surface area contributed by atoms with Gasteiger partial charge in [-0.2, -0.15) is 0 Å². The lowest BCUT2D eigenvalue weighted by Crippen LogP contribution is -2.32. The van der Waals surface area contributed by atoms with Gasteiger partial charge < -0.3 is 10.1 Å². The Morgan fingerprint density at radius 2 is 2.26 bits per heavy atom. The highest BCUT2D eigenvalue weighted by atomic mass is 79.9. The van der Waals surface area contributed by atoms with Gasteiger partial charge in [0.25, 0.3) is 0 Å². The van der Waals surface area contributed by atoms with Gasteiger partial charge in [0.2, 0.25) is 0 Å². The van der Waals surface area contributed by atoms with E-state index in [4.69, 9.17) is 4.74 Å². The lowest BCUT2D eigenvalue weighted by atomic mass is 10.1. The third-order valence-electron chi connectivity index (χ3n) is 3.51. The number of ether oxygens (including phenoxy) is 1. The third-order valence-corrected chi connectivity index (χ3v) is 4.01. The molecule has 0 atom stereocenters. The Balaban J connectivity index is 1.78. The van der Waals surface area contributed by atoms with Gasteiger partial charge >= 0.3 is 5.97 Å². The standard InChI is InChI=1S/C14H17BrFNO2/c1-19-13(18)14(5-6-14)9-17-7-4-10-8-11(15)2-3-12(10)16/h2-3,8,17H,4-7,9H2,1H3. The van der Waals surface area contributed by atoms with Crippen LogP contribution in [0.15, 0.2) is 22.7 Å². The summed E-state index contributed by atoms with van der Waals surface area (Å²) in [6.07, 6.45) is 2.35. The van der Waals surface area contributed by atoms with E-state index in [0.29, 0.717) is 25.1 Å². The summed E-state index contributed by atoms with van der Waals surface area (Å²) >= 11 is 3.33. The topological polar surface area (TPSA) is 38.3 Å². The summed E-state index contributed by atoms with van der Waals surface area (Å²) in [5.41, 5.74) is 0.342. The van der Waals surface area contributed by atoms with Gasteiger partial charge in [0.1, 0.15) is 5.82 Å². The SMILES string of the molecule is COC(=O)C1(CNCCc2cc(Br)ccc2F)CC1. The van der Waals surface area contributed by atoms with Crippen molar-refractivity contribution in [2.75, 3.05) is 20.2 Å². The monoisotopic (exact) mass is 329 g/mol. The molecule has 0 heterocycles. The van der Waals surface area contributed by atoms with Gasteiger partial charge in [-0.3, -0.25) is 4.79 Å². The Morgan fingerprint density at radius 3 is 2.89 bits per heavy atom.